The van der Waals surface area contributed by atoms with E-state index in [4.69, 9.17) is 0 Å². The summed E-state index contributed by atoms with van der Waals surface area (Å²) in [4.78, 5) is 11.9. The predicted molar refractivity (Wildman–Crippen MR) is 79.9 cm³/mol. The first-order valence-electron chi connectivity index (χ1n) is 5.84. The van der Waals surface area contributed by atoms with Crippen LogP contribution in [0.4, 0.5) is 0 Å². The Morgan fingerprint density at radius 2 is 2.21 bits per heavy atom. The summed E-state index contributed by atoms with van der Waals surface area (Å²) in [6.07, 6.45) is 0.598. The predicted octanol–water partition coefficient (Wildman–Crippen LogP) is 1.16. The van der Waals surface area contributed by atoms with E-state index in [0.717, 1.165) is 0 Å². The maximum atomic E-state index is 11.9. The summed E-state index contributed by atoms with van der Waals surface area (Å²) in [5.74, 6) is 0.113. The Morgan fingerprint density at radius 1 is 1.47 bits per heavy atom. The molecule has 0 bridgehead atoms. The normalized spacial score (nSPS) is 21.2. The standard InChI is InChI=1S/C12H14INO4S/c13-10-2-1-9(5-11(10)15)12(16)14-6-8-3-4-19(17,18)7-8/h1-2,5,8,15H,3-4,6-7H2,(H,14,16). The molecule has 1 fully saturated rings. The lowest BCUT2D eigenvalue weighted by atomic mass is 10.1. The number of hydrogen-bond donors (Lipinski definition) is 2. The van der Waals surface area contributed by atoms with E-state index in [2.05, 4.69) is 5.32 Å². The Kier molecular flexibility index (Phi) is 4.34. The van der Waals surface area contributed by atoms with Gasteiger partial charge in [-0.1, -0.05) is 0 Å². The van der Waals surface area contributed by atoms with Crippen molar-refractivity contribution in [2.45, 2.75) is 6.42 Å². The highest BCUT2D eigenvalue weighted by molar-refractivity contribution is 14.1. The molecular formula is C12H14INO4S. The first-order valence-corrected chi connectivity index (χ1v) is 8.74. The van der Waals surface area contributed by atoms with Crippen molar-refractivity contribution in [2.75, 3.05) is 18.1 Å². The van der Waals surface area contributed by atoms with Crippen molar-refractivity contribution in [3.63, 3.8) is 0 Å². The van der Waals surface area contributed by atoms with E-state index in [1.54, 1.807) is 12.1 Å². The summed E-state index contributed by atoms with van der Waals surface area (Å²) >= 11 is 1.97. The zero-order chi connectivity index (χ0) is 14.0. The topological polar surface area (TPSA) is 83.5 Å². The van der Waals surface area contributed by atoms with Gasteiger partial charge < -0.3 is 10.4 Å². The lowest BCUT2D eigenvalue weighted by molar-refractivity contribution is 0.0948. The van der Waals surface area contributed by atoms with Gasteiger partial charge in [0.1, 0.15) is 5.75 Å². The highest BCUT2D eigenvalue weighted by Crippen LogP contribution is 2.21. The molecule has 1 unspecified atom stereocenters. The second kappa shape index (κ2) is 5.66. The van der Waals surface area contributed by atoms with Crippen LogP contribution < -0.4 is 5.32 Å². The number of nitrogens with one attached hydrogen (secondary N) is 1. The zero-order valence-corrected chi connectivity index (χ0v) is 13.1. The zero-order valence-electron chi connectivity index (χ0n) is 10.1. The fraction of sp³-hybridized carbons (Fsp3) is 0.417. The van der Waals surface area contributed by atoms with Gasteiger partial charge in [-0.2, -0.15) is 0 Å². The average Bonchev–Trinajstić information content (AvgIpc) is 2.69. The number of aromatic hydroxyl groups is 1. The molecule has 2 rings (SSSR count). The summed E-state index contributed by atoms with van der Waals surface area (Å²) < 4.78 is 23.3. The van der Waals surface area contributed by atoms with Gasteiger partial charge >= 0.3 is 0 Å². The fourth-order valence-corrected chi connectivity index (χ4v) is 4.22. The number of rotatable bonds is 3. The van der Waals surface area contributed by atoms with Gasteiger partial charge in [-0.25, -0.2) is 8.42 Å². The highest BCUT2D eigenvalue weighted by Gasteiger charge is 2.27. The molecule has 0 aliphatic carbocycles. The van der Waals surface area contributed by atoms with Crippen molar-refractivity contribution in [2.24, 2.45) is 5.92 Å². The van der Waals surface area contributed by atoms with Crippen LogP contribution >= 0.6 is 22.6 Å². The molecule has 0 saturated carbocycles. The van der Waals surface area contributed by atoms with Crippen LogP contribution in [0, 0.1) is 9.49 Å². The van der Waals surface area contributed by atoms with Crippen molar-refractivity contribution in [1.82, 2.24) is 5.32 Å². The third-order valence-corrected chi connectivity index (χ3v) is 5.84. The molecule has 5 nitrogen and oxygen atoms in total. The molecule has 0 aromatic heterocycles. The molecule has 1 amide bonds. The molecule has 1 atom stereocenters. The number of phenols is 1. The van der Waals surface area contributed by atoms with Crippen molar-refractivity contribution in [3.05, 3.63) is 27.3 Å². The third kappa shape index (κ3) is 3.82. The van der Waals surface area contributed by atoms with E-state index >= 15 is 0 Å². The molecule has 0 radical (unpaired) electrons. The van der Waals surface area contributed by atoms with Gasteiger partial charge in [0.25, 0.3) is 5.91 Å². The van der Waals surface area contributed by atoms with Crippen molar-refractivity contribution in [1.29, 1.82) is 0 Å². The molecule has 1 aromatic rings. The Hall–Kier alpha value is -0.830. The molecular weight excluding hydrogens is 381 g/mol. The number of benzene rings is 1. The Bertz CT molecular complexity index is 600. The number of phenolic OH excluding ortho intramolecular Hbond substituents is 1. The second-order valence-corrected chi connectivity index (χ2v) is 8.04. The Morgan fingerprint density at radius 3 is 2.79 bits per heavy atom. The minimum Gasteiger partial charge on any atom is -0.507 e. The van der Waals surface area contributed by atoms with Crippen molar-refractivity contribution >= 4 is 38.3 Å². The molecule has 1 aromatic carbocycles. The number of amides is 1. The van der Waals surface area contributed by atoms with Crippen LogP contribution in [0.3, 0.4) is 0 Å². The van der Waals surface area contributed by atoms with Gasteiger partial charge in [-0.05, 0) is 53.1 Å². The Labute approximate surface area is 125 Å². The number of sulfone groups is 1. The number of hydrogen-bond acceptors (Lipinski definition) is 4. The molecule has 7 heteroatoms. The van der Waals surface area contributed by atoms with E-state index in [1.807, 2.05) is 22.6 Å². The summed E-state index contributed by atoms with van der Waals surface area (Å²) in [7, 11) is -2.91. The third-order valence-electron chi connectivity index (χ3n) is 3.09. The van der Waals surface area contributed by atoms with Crippen molar-refractivity contribution < 1.29 is 18.3 Å². The summed E-state index contributed by atoms with van der Waals surface area (Å²) in [5, 5.41) is 12.2. The molecule has 1 aliphatic rings. The molecule has 1 saturated heterocycles. The molecule has 1 aliphatic heterocycles. The van der Waals surface area contributed by atoms with Crippen LogP contribution in [0.2, 0.25) is 0 Å². The molecule has 0 spiro atoms. The van der Waals surface area contributed by atoms with Gasteiger partial charge in [-0.15, -0.1) is 0 Å². The minimum absolute atomic E-state index is 0.00797. The number of halogens is 1. The van der Waals surface area contributed by atoms with E-state index in [1.165, 1.54) is 6.07 Å². The quantitative estimate of drug-likeness (QED) is 0.753. The smallest absolute Gasteiger partial charge is 0.251 e. The van der Waals surface area contributed by atoms with Crippen LogP contribution in [0.25, 0.3) is 0 Å². The van der Waals surface area contributed by atoms with Gasteiger partial charge in [0.15, 0.2) is 9.84 Å². The maximum Gasteiger partial charge on any atom is 0.251 e. The molecule has 19 heavy (non-hydrogen) atoms. The van der Waals surface area contributed by atoms with Gasteiger partial charge in [0, 0.05) is 12.1 Å². The van der Waals surface area contributed by atoms with E-state index in [9.17, 15) is 18.3 Å². The molecule has 2 N–H and O–H groups in total. The van der Waals surface area contributed by atoms with Gasteiger partial charge in [0.2, 0.25) is 0 Å². The second-order valence-electron chi connectivity index (χ2n) is 4.65. The first-order chi connectivity index (χ1) is 8.87. The van der Waals surface area contributed by atoms with Gasteiger partial charge in [-0.3, -0.25) is 4.79 Å². The summed E-state index contributed by atoms with van der Waals surface area (Å²) in [6.45, 7) is 0.352. The van der Waals surface area contributed by atoms with Crippen LogP contribution in [0.15, 0.2) is 18.2 Å². The minimum atomic E-state index is -2.91. The SMILES string of the molecule is O=C(NCC1CCS(=O)(=O)C1)c1ccc(I)c(O)c1. The van der Waals surface area contributed by atoms with E-state index in [0.29, 0.717) is 22.1 Å². The van der Waals surface area contributed by atoms with Crippen LogP contribution in [0.5, 0.6) is 5.75 Å². The highest BCUT2D eigenvalue weighted by atomic mass is 127. The molecule has 1 heterocycles. The lowest BCUT2D eigenvalue weighted by Crippen LogP contribution is -2.29. The van der Waals surface area contributed by atoms with E-state index in [-0.39, 0.29) is 29.1 Å². The van der Waals surface area contributed by atoms with Gasteiger partial charge in [0.05, 0.1) is 15.1 Å². The largest absolute Gasteiger partial charge is 0.507 e. The maximum absolute atomic E-state index is 11.9. The monoisotopic (exact) mass is 395 g/mol. The number of carbonyl (C=O) groups excluding carboxylic acids is 1. The lowest BCUT2D eigenvalue weighted by Gasteiger charge is -2.10. The Balaban J connectivity index is 1.93. The van der Waals surface area contributed by atoms with E-state index < -0.39 is 9.84 Å². The summed E-state index contributed by atoms with van der Waals surface area (Å²) in [6, 6.07) is 4.69. The number of carbonyl (C=O) groups is 1. The van der Waals surface area contributed by atoms with Crippen LogP contribution in [0.1, 0.15) is 16.8 Å². The van der Waals surface area contributed by atoms with Crippen molar-refractivity contribution in [3.8, 4) is 5.75 Å². The first kappa shape index (κ1) is 14.6. The average molecular weight is 395 g/mol. The van der Waals surface area contributed by atoms with Crippen LogP contribution in [-0.2, 0) is 9.84 Å². The fourth-order valence-electron chi connectivity index (χ4n) is 2.03. The van der Waals surface area contributed by atoms with Crippen LogP contribution in [-0.4, -0.2) is 37.5 Å². The molecule has 104 valence electrons. The summed E-state index contributed by atoms with van der Waals surface area (Å²) in [5.41, 5.74) is 0.374.